The van der Waals surface area contributed by atoms with Crippen LogP contribution in [-0.4, -0.2) is 51.4 Å². The number of rotatable bonds is 6. The Morgan fingerprint density at radius 2 is 2.13 bits per heavy atom. The van der Waals surface area contributed by atoms with E-state index in [1.165, 1.54) is 12.2 Å². The summed E-state index contributed by atoms with van der Waals surface area (Å²) in [4.78, 5) is 16.7. The van der Waals surface area contributed by atoms with E-state index in [4.69, 9.17) is 9.57 Å². The van der Waals surface area contributed by atoms with Crippen LogP contribution in [0.4, 0.5) is 0 Å². The minimum atomic E-state index is 0. The summed E-state index contributed by atoms with van der Waals surface area (Å²) in [5.74, 6) is 0.167. The fourth-order valence-corrected chi connectivity index (χ4v) is 1.31. The predicted molar refractivity (Wildman–Crippen MR) is 58.8 cm³/mol. The summed E-state index contributed by atoms with van der Waals surface area (Å²) in [7, 11) is 3.17. The lowest BCUT2D eigenvalue weighted by molar-refractivity contribution is -0.183. The highest BCUT2D eigenvalue weighted by molar-refractivity contribution is 5.85. The molecule has 1 heterocycles. The van der Waals surface area contributed by atoms with Crippen molar-refractivity contribution in [3.63, 3.8) is 0 Å². The van der Waals surface area contributed by atoms with Crippen LogP contribution in [0.2, 0.25) is 0 Å². The van der Waals surface area contributed by atoms with E-state index >= 15 is 0 Å². The van der Waals surface area contributed by atoms with E-state index < -0.39 is 0 Å². The highest BCUT2D eigenvalue weighted by Gasteiger charge is 2.29. The number of carbonyl (C=O) groups excluding carboxylic acids is 1. The molecule has 6 heteroatoms. The normalized spacial score (nSPS) is 15.3. The molecule has 1 amide bonds. The summed E-state index contributed by atoms with van der Waals surface area (Å²) in [6.07, 6.45) is 0.802. The minimum absolute atomic E-state index is 0. The number of hydrogen-bond acceptors (Lipinski definition) is 4. The third-order valence-electron chi connectivity index (χ3n) is 2.31. The lowest BCUT2D eigenvalue weighted by atomic mass is 10.0. The molecule has 90 valence electrons. The molecule has 0 atom stereocenters. The molecule has 0 radical (unpaired) electrons. The van der Waals surface area contributed by atoms with E-state index in [0.29, 0.717) is 13.2 Å². The van der Waals surface area contributed by atoms with Crippen molar-refractivity contribution in [1.29, 1.82) is 0 Å². The van der Waals surface area contributed by atoms with Gasteiger partial charge in [0.15, 0.2) is 0 Å². The number of amides is 1. The van der Waals surface area contributed by atoms with Crippen molar-refractivity contribution in [2.75, 3.05) is 40.5 Å². The Bertz CT molecular complexity index is 188. The van der Waals surface area contributed by atoms with Crippen molar-refractivity contribution < 1.29 is 14.4 Å². The van der Waals surface area contributed by atoms with Gasteiger partial charge in [0.05, 0.1) is 19.6 Å². The van der Waals surface area contributed by atoms with Gasteiger partial charge in [-0.15, -0.1) is 12.4 Å². The Balaban J connectivity index is 0.00000196. The Labute approximate surface area is 96.5 Å². The number of nitrogens with zero attached hydrogens (tertiary/aromatic N) is 1. The number of methoxy groups -OCH3 is 1. The molecular weight excluding hydrogens is 220 g/mol. The first kappa shape index (κ1) is 14.6. The van der Waals surface area contributed by atoms with E-state index in [1.54, 1.807) is 7.11 Å². The zero-order valence-electron chi connectivity index (χ0n) is 9.19. The summed E-state index contributed by atoms with van der Waals surface area (Å²) in [6, 6.07) is 0. The lowest BCUT2D eigenvalue weighted by Gasteiger charge is -2.30. The standard InChI is InChI=1S/C9H18N2O3.ClH/c1-13-5-3-4-11(14-2)9(12)8-6-10-7-8;/h8,10H,3-7H2,1-2H3;1H. The molecule has 0 aromatic carbocycles. The zero-order chi connectivity index (χ0) is 10.4. The van der Waals surface area contributed by atoms with Crippen LogP contribution in [-0.2, 0) is 14.4 Å². The van der Waals surface area contributed by atoms with Crippen molar-refractivity contribution in [1.82, 2.24) is 10.4 Å². The molecule has 15 heavy (non-hydrogen) atoms. The maximum atomic E-state index is 11.7. The Hall–Kier alpha value is -0.360. The second kappa shape index (κ2) is 7.87. The molecule has 0 aromatic rings. The first-order chi connectivity index (χ1) is 6.79. The van der Waals surface area contributed by atoms with Crippen LogP contribution in [0.5, 0.6) is 0 Å². The summed E-state index contributed by atoms with van der Waals surface area (Å²) in [5, 5.41) is 4.48. The molecule has 0 bridgehead atoms. The van der Waals surface area contributed by atoms with E-state index in [0.717, 1.165) is 19.5 Å². The fourth-order valence-electron chi connectivity index (χ4n) is 1.31. The maximum absolute atomic E-state index is 11.7. The van der Waals surface area contributed by atoms with Crippen LogP contribution in [0.3, 0.4) is 0 Å². The van der Waals surface area contributed by atoms with Crippen molar-refractivity contribution in [2.45, 2.75) is 6.42 Å². The van der Waals surface area contributed by atoms with Gasteiger partial charge in [-0.25, -0.2) is 5.06 Å². The van der Waals surface area contributed by atoms with Crippen LogP contribution in [0, 0.1) is 5.92 Å². The summed E-state index contributed by atoms with van der Waals surface area (Å²) in [5.41, 5.74) is 0. The number of ether oxygens (including phenoxy) is 1. The number of nitrogens with one attached hydrogen (secondary N) is 1. The summed E-state index contributed by atoms with van der Waals surface area (Å²) >= 11 is 0. The molecule has 0 spiro atoms. The van der Waals surface area contributed by atoms with Gasteiger partial charge >= 0.3 is 0 Å². The first-order valence-electron chi connectivity index (χ1n) is 4.84. The van der Waals surface area contributed by atoms with Crippen molar-refractivity contribution >= 4 is 18.3 Å². The van der Waals surface area contributed by atoms with Crippen LogP contribution < -0.4 is 5.32 Å². The molecule has 0 unspecified atom stereocenters. The number of hydrogen-bond donors (Lipinski definition) is 1. The van der Waals surface area contributed by atoms with Gasteiger partial charge in [-0.3, -0.25) is 9.63 Å². The quantitative estimate of drug-likeness (QED) is 0.525. The smallest absolute Gasteiger partial charge is 0.251 e. The molecule has 1 rings (SSSR count). The van der Waals surface area contributed by atoms with Crippen LogP contribution in [0.15, 0.2) is 0 Å². The molecule has 1 saturated heterocycles. The largest absolute Gasteiger partial charge is 0.385 e. The molecule has 5 nitrogen and oxygen atoms in total. The van der Waals surface area contributed by atoms with Crippen LogP contribution in [0.25, 0.3) is 0 Å². The van der Waals surface area contributed by atoms with E-state index in [9.17, 15) is 4.79 Å². The lowest BCUT2D eigenvalue weighted by Crippen LogP contribution is -2.52. The molecule has 1 N–H and O–H groups in total. The molecule has 1 fully saturated rings. The van der Waals surface area contributed by atoms with E-state index in [-0.39, 0.29) is 24.2 Å². The zero-order valence-corrected chi connectivity index (χ0v) is 10.0. The van der Waals surface area contributed by atoms with Crippen molar-refractivity contribution in [2.24, 2.45) is 5.92 Å². The topological polar surface area (TPSA) is 50.8 Å². The van der Waals surface area contributed by atoms with Crippen LogP contribution >= 0.6 is 12.4 Å². The van der Waals surface area contributed by atoms with Gasteiger partial charge < -0.3 is 10.1 Å². The predicted octanol–water partition coefficient (Wildman–Crippen LogP) is 0.0541. The molecule has 0 saturated carbocycles. The maximum Gasteiger partial charge on any atom is 0.251 e. The minimum Gasteiger partial charge on any atom is -0.385 e. The second-order valence-electron chi connectivity index (χ2n) is 3.32. The van der Waals surface area contributed by atoms with Gasteiger partial charge in [-0.1, -0.05) is 0 Å². The third-order valence-corrected chi connectivity index (χ3v) is 2.31. The van der Waals surface area contributed by atoms with E-state index in [1.807, 2.05) is 0 Å². The Morgan fingerprint density at radius 1 is 1.47 bits per heavy atom. The van der Waals surface area contributed by atoms with Gasteiger partial charge in [0, 0.05) is 26.8 Å². The highest BCUT2D eigenvalue weighted by Crippen LogP contribution is 2.08. The SMILES string of the molecule is COCCCN(OC)C(=O)C1CNC1.Cl. The van der Waals surface area contributed by atoms with Gasteiger partial charge in [0.25, 0.3) is 5.91 Å². The molecule has 0 aliphatic carbocycles. The molecule has 0 aromatic heterocycles. The Morgan fingerprint density at radius 3 is 2.53 bits per heavy atom. The average Bonchev–Trinajstić information content (AvgIpc) is 2.09. The van der Waals surface area contributed by atoms with Gasteiger partial charge in [-0.05, 0) is 6.42 Å². The van der Waals surface area contributed by atoms with Gasteiger partial charge in [0.1, 0.15) is 0 Å². The molecular formula is C9H19ClN2O3. The second-order valence-corrected chi connectivity index (χ2v) is 3.32. The van der Waals surface area contributed by atoms with Crippen molar-refractivity contribution in [3.8, 4) is 0 Å². The number of carbonyl (C=O) groups is 1. The van der Waals surface area contributed by atoms with Gasteiger partial charge in [-0.2, -0.15) is 0 Å². The Kier molecular flexibility index (Phi) is 7.68. The average molecular weight is 239 g/mol. The number of hydroxylamine groups is 2. The van der Waals surface area contributed by atoms with E-state index in [2.05, 4.69) is 5.32 Å². The molecule has 1 aliphatic heterocycles. The highest BCUT2D eigenvalue weighted by atomic mass is 35.5. The first-order valence-corrected chi connectivity index (χ1v) is 4.84. The summed E-state index contributed by atoms with van der Waals surface area (Å²) in [6.45, 7) is 2.78. The fraction of sp³-hybridized carbons (Fsp3) is 0.889. The summed E-state index contributed by atoms with van der Waals surface area (Å²) < 4.78 is 4.91. The van der Waals surface area contributed by atoms with Gasteiger partial charge in [0.2, 0.25) is 0 Å². The van der Waals surface area contributed by atoms with Crippen LogP contribution in [0.1, 0.15) is 6.42 Å². The number of halogens is 1. The monoisotopic (exact) mass is 238 g/mol. The third kappa shape index (κ3) is 4.34. The van der Waals surface area contributed by atoms with Crippen molar-refractivity contribution in [3.05, 3.63) is 0 Å². The molecule has 1 aliphatic rings.